The van der Waals surface area contributed by atoms with Crippen LogP contribution in [0.2, 0.25) is 0 Å². The number of aromatic nitrogens is 1. The van der Waals surface area contributed by atoms with E-state index in [2.05, 4.69) is 10.3 Å². The summed E-state index contributed by atoms with van der Waals surface area (Å²) in [4.78, 5) is 18.6. The number of hydrogen-bond acceptors (Lipinski definition) is 3. The first-order valence-corrected chi connectivity index (χ1v) is 7.85. The Morgan fingerprint density at radius 1 is 1.35 bits per heavy atom. The maximum Gasteiger partial charge on any atom is 0.318 e. The molecule has 1 aromatic carbocycles. The molecule has 1 aliphatic rings. The lowest BCUT2D eigenvalue weighted by Gasteiger charge is -2.25. The average Bonchev–Trinajstić information content (AvgIpc) is 3.11. The van der Waals surface area contributed by atoms with E-state index in [1.165, 1.54) is 0 Å². The van der Waals surface area contributed by atoms with Crippen LogP contribution in [0.15, 0.2) is 48.8 Å². The highest BCUT2D eigenvalue weighted by Crippen LogP contribution is 2.31. The molecule has 120 valence electrons. The monoisotopic (exact) mass is 311 g/mol. The minimum atomic E-state index is -0.0211. The predicted octanol–water partition coefficient (Wildman–Crippen LogP) is 3.14. The molecule has 5 heteroatoms. The van der Waals surface area contributed by atoms with Gasteiger partial charge in [-0.05, 0) is 42.2 Å². The summed E-state index contributed by atoms with van der Waals surface area (Å²) in [7, 11) is 1.64. The Morgan fingerprint density at radius 3 is 2.87 bits per heavy atom. The second-order valence-corrected chi connectivity index (χ2v) is 5.64. The zero-order chi connectivity index (χ0) is 16.1. The van der Waals surface area contributed by atoms with Gasteiger partial charge >= 0.3 is 6.03 Å². The molecule has 0 spiro atoms. The molecule has 0 bridgehead atoms. The summed E-state index contributed by atoms with van der Waals surface area (Å²) >= 11 is 0. The van der Waals surface area contributed by atoms with E-state index in [1.54, 1.807) is 13.3 Å². The van der Waals surface area contributed by atoms with Crippen LogP contribution >= 0.6 is 0 Å². The van der Waals surface area contributed by atoms with E-state index in [0.29, 0.717) is 6.54 Å². The Bertz CT molecular complexity index is 643. The fourth-order valence-corrected chi connectivity index (χ4v) is 2.95. The lowest BCUT2D eigenvalue weighted by molar-refractivity contribution is 0.192. The third-order valence-electron chi connectivity index (χ3n) is 4.19. The summed E-state index contributed by atoms with van der Waals surface area (Å²) in [5, 5.41) is 3.00. The zero-order valence-electron chi connectivity index (χ0n) is 13.2. The second-order valence-electron chi connectivity index (χ2n) is 5.64. The summed E-state index contributed by atoms with van der Waals surface area (Å²) in [6.07, 6.45) is 5.61. The Hall–Kier alpha value is -2.56. The Labute approximate surface area is 136 Å². The number of ether oxygens (including phenoxy) is 1. The predicted molar refractivity (Wildman–Crippen MR) is 88.1 cm³/mol. The number of likely N-dealkylation sites (tertiary alicyclic amines) is 1. The van der Waals surface area contributed by atoms with Crippen molar-refractivity contribution in [2.75, 3.05) is 13.7 Å². The van der Waals surface area contributed by atoms with E-state index in [1.807, 2.05) is 47.5 Å². The molecule has 1 aliphatic heterocycles. The van der Waals surface area contributed by atoms with Gasteiger partial charge in [0.15, 0.2) is 0 Å². The highest BCUT2D eigenvalue weighted by Gasteiger charge is 2.29. The number of benzene rings is 1. The van der Waals surface area contributed by atoms with Crippen molar-refractivity contribution in [1.82, 2.24) is 15.2 Å². The van der Waals surface area contributed by atoms with E-state index in [0.717, 1.165) is 36.3 Å². The molecular formula is C18H21N3O2. The summed E-state index contributed by atoms with van der Waals surface area (Å²) in [6, 6.07) is 11.8. The number of amides is 2. The van der Waals surface area contributed by atoms with Crippen molar-refractivity contribution in [3.63, 3.8) is 0 Å². The van der Waals surface area contributed by atoms with Gasteiger partial charge in [-0.3, -0.25) is 4.98 Å². The molecule has 23 heavy (non-hydrogen) atoms. The van der Waals surface area contributed by atoms with Crippen LogP contribution in [0.3, 0.4) is 0 Å². The molecule has 2 heterocycles. The van der Waals surface area contributed by atoms with Crippen LogP contribution < -0.4 is 10.1 Å². The number of rotatable bonds is 4. The normalized spacial score (nSPS) is 17.1. The topological polar surface area (TPSA) is 54.5 Å². The molecule has 1 fully saturated rings. The van der Waals surface area contributed by atoms with Gasteiger partial charge in [0, 0.05) is 25.5 Å². The van der Waals surface area contributed by atoms with Crippen LogP contribution in [0.1, 0.15) is 30.0 Å². The molecule has 1 aromatic heterocycles. The molecular weight excluding hydrogens is 290 g/mol. The lowest BCUT2D eigenvalue weighted by Crippen LogP contribution is -2.39. The van der Waals surface area contributed by atoms with Gasteiger partial charge in [-0.15, -0.1) is 0 Å². The number of methoxy groups -OCH3 is 1. The SMILES string of the molecule is COc1ccc(CNC(=O)N2CCC[C@@H]2c2cccnc2)cc1. The van der Waals surface area contributed by atoms with Gasteiger partial charge in [0.2, 0.25) is 0 Å². The Balaban J connectivity index is 1.60. The molecule has 5 nitrogen and oxygen atoms in total. The first-order chi connectivity index (χ1) is 11.3. The number of nitrogens with one attached hydrogen (secondary N) is 1. The molecule has 1 saturated heterocycles. The van der Waals surface area contributed by atoms with Crippen molar-refractivity contribution in [2.24, 2.45) is 0 Å². The average molecular weight is 311 g/mol. The number of hydrogen-bond donors (Lipinski definition) is 1. The van der Waals surface area contributed by atoms with Gasteiger partial charge in [-0.25, -0.2) is 4.79 Å². The third-order valence-corrected chi connectivity index (χ3v) is 4.19. The molecule has 1 N–H and O–H groups in total. The summed E-state index contributed by atoms with van der Waals surface area (Å²) < 4.78 is 5.14. The fourth-order valence-electron chi connectivity index (χ4n) is 2.95. The van der Waals surface area contributed by atoms with E-state index in [9.17, 15) is 4.79 Å². The number of nitrogens with zero attached hydrogens (tertiary/aromatic N) is 2. The highest BCUT2D eigenvalue weighted by atomic mass is 16.5. The van der Waals surface area contributed by atoms with E-state index in [-0.39, 0.29) is 12.1 Å². The number of pyridine rings is 1. The Kier molecular flexibility index (Phi) is 4.76. The van der Waals surface area contributed by atoms with Gasteiger partial charge in [0.25, 0.3) is 0 Å². The Morgan fingerprint density at radius 2 is 2.17 bits per heavy atom. The van der Waals surface area contributed by atoms with Crippen LogP contribution in [0, 0.1) is 0 Å². The van der Waals surface area contributed by atoms with Crippen molar-refractivity contribution in [3.05, 3.63) is 59.9 Å². The van der Waals surface area contributed by atoms with Crippen molar-refractivity contribution < 1.29 is 9.53 Å². The summed E-state index contributed by atoms with van der Waals surface area (Å²) in [5.74, 6) is 0.816. The minimum Gasteiger partial charge on any atom is -0.497 e. The quantitative estimate of drug-likeness (QED) is 0.944. The van der Waals surface area contributed by atoms with Crippen LogP contribution in [-0.2, 0) is 6.54 Å². The largest absolute Gasteiger partial charge is 0.497 e. The molecule has 3 rings (SSSR count). The van der Waals surface area contributed by atoms with Gasteiger partial charge in [0.1, 0.15) is 5.75 Å². The molecule has 1 atom stereocenters. The number of carbonyl (C=O) groups excluding carboxylic acids is 1. The van der Waals surface area contributed by atoms with E-state index >= 15 is 0 Å². The zero-order valence-corrected chi connectivity index (χ0v) is 13.2. The third kappa shape index (κ3) is 3.62. The van der Waals surface area contributed by atoms with Crippen LogP contribution in [0.25, 0.3) is 0 Å². The number of carbonyl (C=O) groups is 1. The van der Waals surface area contributed by atoms with E-state index < -0.39 is 0 Å². The fraction of sp³-hybridized carbons (Fsp3) is 0.333. The molecule has 2 amide bonds. The van der Waals surface area contributed by atoms with Crippen molar-refractivity contribution >= 4 is 6.03 Å². The standard InChI is InChI=1S/C18H21N3O2/c1-23-16-8-6-14(7-9-16)12-20-18(22)21-11-3-5-17(21)15-4-2-10-19-13-15/h2,4,6-10,13,17H,3,5,11-12H2,1H3,(H,20,22)/t17-/m1/s1. The first-order valence-electron chi connectivity index (χ1n) is 7.85. The summed E-state index contributed by atoms with van der Waals surface area (Å²) in [5.41, 5.74) is 2.15. The van der Waals surface area contributed by atoms with Gasteiger partial charge in [-0.1, -0.05) is 18.2 Å². The maximum absolute atomic E-state index is 12.5. The lowest BCUT2D eigenvalue weighted by atomic mass is 10.1. The van der Waals surface area contributed by atoms with Crippen molar-refractivity contribution in [1.29, 1.82) is 0 Å². The van der Waals surface area contributed by atoms with Crippen molar-refractivity contribution in [3.8, 4) is 5.75 Å². The van der Waals surface area contributed by atoms with Crippen LogP contribution in [0.5, 0.6) is 5.75 Å². The number of urea groups is 1. The molecule has 0 saturated carbocycles. The smallest absolute Gasteiger partial charge is 0.318 e. The molecule has 0 radical (unpaired) electrons. The molecule has 2 aromatic rings. The van der Waals surface area contributed by atoms with Crippen molar-refractivity contribution in [2.45, 2.75) is 25.4 Å². The van der Waals surface area contributed by atoms with Crippen LogP contribution in [0.4, 0.5) is 4.79 Å². The van der Waals surface area contributed by atoms with Gasteiger partial charge in [0.05, 0.1) is 13.2 Å². The second kappa shape index (κ2) is 7.13. The molecule has 0 unspecified atom stereocenters. The van der Waals surface area contributed by atoms with Gasteiger partial charge < -0.3 is 15.0 Å². The highest BCUT2D eigenvalue weighted by molar-refractivity contribution is 5.75. The summed E-state index contributed by atoms with van der Waals surface area (Å²) in [6.45, 7) is 1.30. The first kappa shape index (κ1) is 15.3. The van der Waals surface area contributed by atoms with E-state index in [4.69, 9.17) is 4.74 Å². The van der Waals surface area contributed by atoms with Crippen LogP contribution in [-0.4, -0.2) is 29.6 Å². The maximum atomic E-state index is 12.5. The minimum absolute atomic E-state index is 0.0211. The van der Waals surface area contributed by atoms with Gasteiger partial charge in [-0.2, -0.15) is 0 Å². The molecule has 0 aliphatic carbocycles.